The third-order valence-corrected chi connectivity index (χ3v) is 7.89. The maximum Gasteiger partial charge on any atom is 0.405 e. The van der Waals surface area contributed by atoms with Gasteiger partial charge in [-0.05, 0) is 49.8 Å². The van der Waals surface area contributed by atoms with Crippen molar-refractivity contribution in [3.8, 4) is 11.5 Å². The number of hydrazone groups is 1. The molecule has 3 amide bonds. The molecule has 37 heavy (non-hydrogen) atoms. The van der Waals surface area contributed by atoms with Crippen LogP contribution in [0.3, 0.4) is 0 Å². The van der Waals surface area contributed by atoms with E-state index in [1.165, 1.54) is 0 Å². The number of rotatable bonds is 7. The van der Waals surface area contributed by atoms with Gasteiger partial charge in [0.15, 0.2) is 11.5 Å². The van der Waals surface area contributed by atoms with E-state index in [9.17, 15) is 14.4 Å². The van der Waals surface area contributed by atoms with Crippen LogP contribution < -0.4 is 14.8 Å². The lowest BCUT2D eigenvalue weighted by Gasteiger charge is -2.44. The van der Waals surface area contributed by atoms with Crippen LogP contribution in [0.25, 0.3) is 0 Å². The molecular weight excluding hydrogens is 476 g/mol. The lowest BCUT2D eigenvalue weighted by molar-refractivity contribution is -0.143. The summed E-state index contributed by atoms with van der Waals surface area (Å²) in [5.74, 6) is 0.936. The first-order valence-corrected chi connectivity index (χ1v) is 13.2. The zero-order valence-corrected chi connectivity index (χ0v) is 22.1. The molecule has 2 heterocycles. The molecule has 1 saturated heterocycles. The standard InChI is InChI=1S/C27H38N4O6/c1-16(2)23(28-27(34)35)26(33)30-13-11-18(12-14-30)31-25(32)20-8-6-5-7-19(20)24(29-31)17-9-10-21(36-3)22(15-17)37-4/h9-10,15-16,18-20,23,28H,5-8,11-14H2,1-4H3,(H,34,35)/t19-,20+,23+/m0/s1. The predicted molar refractivity (Wildman–Crippen MR) is 138 cm³/mol. The van der Waals surface area contributed by atoms with Crippen LogP contribution in [0.4, 0.5) is 4.79 Å². The predicted octanol–water partition coefficient (Wildman–Crippen LogP) is 3.34. The summed E-state index contributed by atoms with van der Waals surface area (Å²) in [5, 5.41) is 18.1. The van der Waals surface area contributed by atoms with E-state index in [1.807, 2.05) is 32.0 Å². The van der Waals surface area contributed by atoms with Crippen molar-refractivity contribution in [1.29, 1.82) is 0 Å². The number of ether oxygens (including phenoxy) is 2. The number of likely N-dealkylation sites (tertiary alicyclic amines) is 1. The van der Waals surface area contributed by atoms with Gasteiger partial charge < -0.3 is 24.8 Å². The minimum absolute atomic E-state index is 0.0751. The molecule has 0 unspecified atom stereocenters. The number of carbonyl (C=O) groups is 3. The second-order valence-electron chi connectivity index (χ2n) is 10.5. The van der Waals surface area contributed by atoms with Gasteiger partial charge in [-0.1, -0.05) is 26.7 Å². The lowest BCUT2D eigenvalue weighted by atomic mass is 9.73. The third-order valence-electron chi connectivity index (χ3n) is 7.89. The average Bonchev–Trinajstić information content (AvgIpc) is 2.91. The SMILES string of the molecule is COc1ccc(C2=NN(C3CCN(C(=O)[C@H](NC(=O)O)C(C)C)CC3)C(=O)[C@@H]3CCCC[C@H]23)cc1OC. The van der Waals surface area contributed by atoms with Crippen LogP contribution >= 0.6 is 0 Å². The van der Waals surface area contributed by atoms with Gasteiger partial charge in [-0.15, -0.1) is 0 Å². The van der Waals surface area contributed by atoms with E-state index in [-0.39, 0.29) is 35.6 Å². The molecule has 0 radical (unpaired) electrons. The van der Waals surface area contributed by atoms with E-state index >= 15 is 0 Å². The van der Waals surface area contributed by atoms with Crippen LogP contribution in [0.15, 0.2) is 23.3 Å². The van der Waals surface area contributed by atoms with Crippen molar-refractivity contribution in [3.05, 3.63) is 23.8 Å². The molecular formula is C27H38N4O6. The van der Waals surface area contributed by atoms with Gasteiger partial charge in [-0.25, -0.2) is 9.80 Å². The number of fused-ring (bicyclic) bond motifs is 1. The highest BCUT2D eigenvalue weighted by molar-refractivity contribution is 6.07. The van der Waals surface area contributed by atoms with E-state index in [4.69, 9.17) is 19.7 Å². The Morgan fingerprint density at radius 2 is 1.68 bits per heavy atom. The number of benzene rings is 1. The molecule has 1 aromatic carbocycles. The number of nitrogens with one attached hydrogen (secondary N) is 1. The van der Waals surface area contributed by atoms with Crippen molar-refractivity contribution in [2.45, 2.75) is 64.5 Å². The van der Waals surface area contributed by atoms with Crippen molar-refractivity contribution in [2.24, 2.45) is 22.9 Å². The zero-order valence-electron chi connectivity index (χ0n) is 22.1. The highest BCUT2D eigenvalue weighted by Crippen LogP contribution is 2.40. The van der Waals surface area contributed by atoms with E-state index in [2.05, 4.69) is 5.32 Å². The van der Waals surface area contributed by atoms with Crippen LogP contribution in [0.1, 0.15) is 57.9 Å². The van der Waals surface area contributed by atoms with E-state index in [0.29, 0.717) is 37.4 Å². The smallest absolute Gasteiger partial charge is 0.405 e. The molecule has 202 valence electrons. The summed E-state index contributed by atoms with van der Waals surface area (Å²) in [4.78, 5) is 39.5. The summed E-state index contributed by atoms with van der Waals surface area (Å²) in [7, 11) is 3.21. The number of amides is 3. The molecule has 4 rings (SSSR count). The Balaban J connectivity index is 1.56. The summed E-state index contributed by atoms with van der Waals surface area (Å²) >= 11 is 0. The summed E-state index contributed by atoms with van der Waals surface area (Å²) in [6, 6.07) is 4.88. The van der Waals surface area contributed by atoms with Crippen molar-refractivity contribution < 1.29 is 29.0 Å². The van der Waals surface area contributed by atoms with E-state index < -0.39 is 12.1 Å². The number of piperidine rings is 1. The van der Waals surface area contributed by atoms with Crippen LogP contribution in [-0.4, -0.2) is 78.0 Å². The third kappa shape index (κ3) is 5.52. The number of methoxy groups -OCH3 is 2. The van der Waals surface area contributed by atoms with Gasteiger partial charge in [-0.2, -0.15) is 5.10 Å². The van der Waals surface area contributed by atoms with Gasteiger partial charge in [0.05, 0.1) is 26.0 Å². The molecule has 1 aliphatic carbocycles. The summed E-state index contributed by atoms with van der Waals surface area (Å²) in [6.07, 6.45) is 3.85. The Hall–Kier alpha value is -3.30. The second-order valence-corrected chi connectivity index (χ2v) is 10.5. The fourth-order valence-electron chi connectivity index (χ4n) is 5.87. The quantitative estimate of drug-likeness (QED) is 0.576. The number of carboxylic acid groups (broad SMARTS) is 1. The van der Waals surface area contributed by atoms with Crippen molar-refractivity contribution >= 4 is 23.6 Å². The highest BCUT2D eigenvalue weighted by Gasteiger charge is 2.44. The monoisotopic (exact) mass is 514 g/mol. The fraction of sp³-hybridized carbons (Fsp3) is 0.630. The van der Waals surface area contributed by atoms with Crippen molar-refractivity contribution in [2.75, 3.05) is 27.3 Å². The molecule has 3 atom stereocenters. The molecule has 0 bridgehead atoms. The highest BCUT2D eigenvalue weighted by atomic mass is 16.5. The first-order valence-electron chi connectivity index (χ1n) is 13.2. The molecule has 0 aromatic heterocycles. The largest absolute Gasteiger partial charge is 0.493 e. The van der Waals surface area contributed by atoms with Crippen LogP contribution in [-0.2, 0) is 9.59 Å². The first-order chi connectivity index (χ1) is 17.7. The van der Waals surface area contributed by atoms with Crippen molar-refractivity contribution in [3.63, 3.8) is 0 Å². The lowest BCUT2D eigenvalue weighted by Crippen LogP contribution is -2.56. The Morgan fingerprint density at radius 3 is 2.27 bits per heavy atom. The van der Waals surface area contributed by atoms with Gasteiger partial charge >= 0.3 is 6.09 Å². The van der Waals surface area contributed by atoms with E-state index in [1.54, 1.807) is 24.1 Å². The Morgan fingerprint density at radius 1 is 1.03 bits per heavy atom. The molecule has 2 N–H and O–H groups in total. The normalized spacial score (nSPS) is 23.3. The number of nitrogens with zero attached hydrogens (tertiary/aromatic N) is 3. The number of hydrogen-bond acceptors (Lipinski definition) is 6. The Kier molecular flexibility index (Phi) is 8.24. The number of carbonyl (C=O) groups excluding carboxylic acids is 2. The summed E-state index contributed by atoms with van der Waals surface area (Å²) in [6.45, 7) is 4.55. The van der Waals surface area contributed by atoms with E-state index in [0.717, 1.165) is 37.0 Å². The maximum atomic E-state index is 13.6. The van der Waals surface area contributed by atoms with Gasteiger partial charge in [0.2, 0.25) is 11.8 Å². The van der Waals surface area contributed by atoms with Crippen LogP contribution in [0.2, 0.25) is 0 Å². The van der Waals surface area contributed by atoms with Gasteiger partial charge in [-0.3, -0.25) is 9.59 Å². The minimum Gasteiger partial charge on any atom is -0.493 e. The van der Waals surface area contributed by atoms with Crippen molar-refractivity contribution in [1.82, 2.24) is 15.2 Å². The van der Waals surface area contributed by atoms with Crippen LogP contribution in [0.5, 0.6) is 11.5 Å². The summed E-state index contributed by atoms with van der Waals surface area (Å²) < 4.78 is 10.9. The minimum atomic E-state index is -1.21. The number of hydrogen-bond donors (Lipinski definition) is 2. The molecule has 2 aliphatic heterocycles. The first kappa shape index (κ1) is 26.8. The molecule has 10 nitrogen and oxygen atoms in total. The maximum absolute atomic E-state index is 13.6. The average molecular weight is 515 g/mol. The molecule has 0 spiro atoms. The Bertz CT molecular complexity index is 1050. The van der Waals surface area contributed by atoms with Crippen LogP contribution in [0, 0.1) is 17.8 Å². The van der Waals surface area contributed by atoms with Gasteiger partial charge in [0, 0.05) is 30.5 Å². The molecule has 10 heteroatoms. The summed E-state index contributed by atoms with van der Waals surface area (Å²) in [5.41, 5.74) is 1.84. The van der Waals surface area contributed by atoms with Gasteiger partial charge in [0.25, 0.3) is 0 Å². The second kappa shape index (κ2) is 11.4. The fourth-order valence-corrected chi connectivity index (χ4v) is 5.87. The topological polar surface area (TPSA) is 121 Å². The molecule has 1 saturated carbocycles. The Labute approximate surface area is 218 Å². The van der Waals surface area contributed by atoms with Gasteiger partial charge in [0.1, 0.15) is 6.04 Å². The molecule has 1 aromatic rings. The molecule has 2 fully saturated rings. The zero-order chi connectivity index (χ0) is 26.7. The molecule has 3 aliphatic rings.